The van der Waals surface area contributed by atoms with Crippen molar-refractivity contribution in [3.05, 3.63) is 76.5 Å². The molecule has 2 N–H and O–H groups in total. The Kier molecular flexibility index (Phi) is 4.88. The highest BCUT2D eigenvalue weighted by molar-refractivity contribution is 6.08. The van der Waals surface area contributed by atoms with Crippen molar-refractivity contribution < 1.29 is 13.9 Å². The summed E-state index contributed by atoms with van der Waals surface area (Å²) < 4.78 is 10.8. The number of hydrogen-bond donors (Lipinski definition) is 1. The van der Waals surface area contributed by atoms with Crippen LogP contribution in [0.15, 0.2) is 69.9 Å². The number of ether oxygens (including phenoxy) is 1. The van der Waals surface area contributed by atoms with Crippen LogP contribution < -0.4 is 11.2 Å². The van der Waals surface area contributed by atoms with Crippen molar-refractivity contribution in [2.75, 3.05) is 12.8 Å². The number of carbonyl (C=O) groups excluding carboxylic acids is 1. The largest absolute Gasteiger partial charge is 0.465 e. The number of hydrogen-bond acceptors (Lipinski definition) is 5. The summed E-state index contributed by atoms with van der Waals surface area (Å²) in [6.45, 7) is 0. The molecule has 27 heavy (non-hydrogen) atoms. The number of esters is 1. The molecule has 0 spiro atoms. The molecular formula is C21H16ClNO4. The number of nitrogens with two attached hydrogens (primary N) is 1. The maximum atomic E-state index is 12.3. The molecule has 0 aromatic heterocycles. The number of anilines is 1. The molecule has 136 valence electrons. The fraction of sp³-hybridized carbons (Fsp3) is 0.0476. The summed E-state index contributed by atoms with van der Waals surface area (Å²) in [5.74, 6) is 0.00357. The van der Waals surface area contributed by atoms with E-state index in [0.29, 0.717) is 28.2 Å². The van der Waals surface area contributed by atoms with Gasteiger partial charge in [-0.05, 0) is 35.9 Å². The van der Waals surface area contributed by atoms with Crippen LogP contribution in [0.3, 0.4) is 0 Å². The molecule has 0 saturated carbocycles. The van der Waals surface area contributed by atoms with Gasteiger partial charge in [-0.1, -0.05) is 18.2 Å². The number of halogens is 1. The van der Waals surface area contributed by atoms with Gasteiger partial charge in [-0.2, -0.15) is 0 Å². The minimum atomic E-state index is -0.432. The summed E-state index contributed by atoms with van der Waals surface area (Å²) in [5, 5.41) is 0.793. The van der Waals surface area contributed by atoms with Crippen LogP contribution in [0.2, 0.25) is 0 Å². The zero-order valence-corrected chi connectivity index (χ0v) is 15.2. The first-order valence-electron chi connectivity index (χ1n) is 8.02. The Morgan fingerprint density at radius 1 is 1.00 bits per heavy atom. The zero-order valence-electron chi connectivity index (χ0n) is 14.4. The van der Waals surface area contributed by atoms with Crippen molar-refractivity contribution >= 4 is 35.0 Å². The van der Waals surface area contributed by atoms with E-state index in [1.807, 2.05) is 18.2 Å². The molecule has 0 bridgehead atoms. The third kappa shape index (κ3) is 3.13. The van der Waals surface area contributed by atoms with Gasteiger partial charge in [-0.25, -0.2) is 4.79 Å². The van der Waals surface area contributed by atoms with Crippen molar-refractivity contribution in [3.63, 3.8) is 0 Å². The molecule has 0 saturated heterocycles. The Bertz CT molecular complexity index is 1180. The quantitative estimate of drug-likeness (QED) is 0.317. The first-order valence-corrected chi connectivity index (χ1v) is 8.02. The smallest absolute Gasteiger partial charge is 0.338 e. The van der Waals surface area contributed by atoms with Crippen LogP contribution in [0.1, 0.15) is 10.4 Å². The summed E-state index contributed by atoms with van der Waals surface area (Å²) in [4.78, 5) is 24.1. The molecule has 1 aliphatic carbocycles. The van der Waals surface area contributed by atoms with E-state index >= 15 is 0 Å². The lowest BCUT2D eigenvalue weighted by molar-refractivity contribution is 0.0601. The topological polar surface area (TPSA) is 82.5 Å². The average Bonchev–Trinajstić information content (AvgIpc) is 2.65. The Hall–Kier alpha value is -3.31. The number of fused-ring (bicyclic) bond motifs is 2. The molecule has 1 aliphatic heterocycles. The second-order valence-electron chi connectivity index (χ2n) is 5.93. The number of benzene rings is 3. The maximum absolute atomic E-state index is 12.3. The summed E-state index contributed by atoms with van der Waals surface area (Å²) >= 11 is 0. The number of nitrogen functional groups attached to an aromatic ring is 1. The predicted octanol–water partition coefficient (Wildman–Crippen LogP) is 4.36. The van der Waals surface area contributed by atoms with Crippen LogP contribution in [-0.2, 0) is 4.74 Å². The van der Waals surface area contributed by atoms with E-state index < -0.39 is 5.97 Å². The molecule has 0 amide bonds. The minimum Gasteiger partial charge on any atom is -0.465 e. The van der Waals surface area contributed by atoms with Crippen molar-refractivity contribution in [1.82, 2.24) is 0 Å². The van der Waals surface area contributed by atoms with Crippen LogP contribution >= 0.6 is 12.4 Å². The fourth-order valence-corrected chi connectivity index (χ4v) is 3.17. The van der Waals surface area contributed by atoms with Crippen LogP contribution in [0, 0.1) is 0 Å². The van der Waals surface area contributed by atoms with E-state index in [9.17, 15) is 9.59 Å². The van der Waals surface area contributed by atoms with Gasteiger partial charge >= 0.3 is 5.97 Å². The molecule has 0 fully saturated rings. The van der Waals surface area contributed by atoms with E-state index in [1.54, 1.807) is 30.3 Å². The highest BCUT2D eigenvalue weighted by Gasteiger charge is 2.21. The first-order chi connectivity index (χ1) is 12.6. The minimum absolute atomic E-state index is 0. The van der Waals surface area contributed by atoms with E-state index in [0.717, 1.165) is 16.5 Å². The average molecular weight is 382 g/mol. The number of methoxy groups -OCH3 is 1. The van der Waals surface area contributed by atoms with Crippen LogP contribution in [0.4, 0.5) is 5.69 Å². The normalized spacial score (nSPS) is 10.6. The highest BCUT2D eigenvalue weighted by Crippen LogP contribution is 2.41. The van der Waals surface area contributed by atoms with Crippen molar-refractivity contribution in [1.29, 1.82) is 0 Å². The Morgan fingerprint density at radius 2 is 1.78 bits per heavy atom. The molecule has 0 unspecified atom stereocenters. The second-order valence-corrected chi connectivity index (χ2v) is 5.93. The second kappa shape index (κ2) is 7.13. The van der Waals surface area contributed by atoms with Gasteiger partial charge < -0.3 is 14.9 Å². The molecule has 4 rings (SSSR count). The van der Waals surface area contributed by atoms with Crippen molar-refractivity contribution in [2.24, 2.45) is 0 Å². The molecule has 1 heterocycles. The lowest BCUT2D eigenvalue weighted by Crippen LogP contribution is -2.05. The monoisotopic (exact) mass is 381 g/mol. The van der Waals surface area contributed by atoms with Crippen molar-refractivity contribution in [2.45, 2.75) is 0 Å². The van der Waals surface area contributed by atoms with Gasteiger partial charge in [0, 0.05) is 34.3 Å². The van der Waals surface area contributed by atoms with Gasteiger partial charge in [0.25, 0.3) is 0 Å². The van der Waals surface area contributed by atoms with Gasteiger partial charge in [-0.3, -0.25) is 4.79 Å². The van der Waals surface area contributed by atoms with Gasteiger partial charge in [-0.15, -0.1) is 12.4 Å². The Morgan fingerprint density at radius 3 is 2.56 bits per heavy atom. The van der Waals surface area contributed by atoms with Crippen molar-refractivity contribution in [3.8, 4) is 22.5 Å². The lowest BCUT2D eigenvalue weighted by Gasteiger charge is -2.17. The van der Waals surface area contributed by atoms with Gasteiger partial charge in [0.15, 0.2) is 5.43 Å². The highest BCUT2D eigenvalue weighted by atomic mass is 35.5. The van der Waals surface area contributed by atoms with Gasteiger partial charge in [0.05, 0.1) is 12.7 Å². The first kappa shape index (κ1) is 18.5. The molecule has 5 nitrogen and oxygen atoms in total. The third-order valence-electron chi connectivity index (χ3n) is 4.32. The summed E-state index contributed by atoms with van der Waals surface area (Å²) in [7, 11) is 1.35. The molecular weight excluding hydrogens is 366 g/mol. The third-order valence-corrected chi connectivity index (χ3v) is 4.32. The van der Waals surface area contributed by atoms with E-state index in [1.165, 1.54) is 19.2 Å². The summed E-state index contributed by atoms with van der Waals surface area (Å²) in [6, 6.07) is 17.1. The van der Waals surface area contributed by atoms with Crippen LogP contribution in [0.25, 0.3) is 33.4 Å². The van der Waals surface area contributed by atoms with E-state index in [2.05, 4.69) is 0 Å². The molecule has 0 atom stereocenters. The molecule has 0 radical (unpaired) electrons. The Labute approximate surface area is 161 Å². The molecule has 2 aromatic carbocycles. The van der Waals surface area contributed by atoms with E-state index in [4.69, 9.17) is 14.9 Å². The zero-order chi connectivity index (χ0) is 18.3. The molecule has 2 aliphatic rings. The predicted molar refractivity (Wildman–Crippen MR) is 108 cm³/mol. The van der Waals surface area contributed by atoms with Crippen LogP contribution in [-0.4, -0.2) is 13.1 Å². The molecule has 2 aromatic rings. The van der Waals surface area contributed by atoms with Gasteiger partial charge in [0.1, 0.15) is 11.3 Å². The molecule has 6 heteroatoms. The van der Waals surface area contributed by atoms with E-state index in [-0.39, 0.29) is 17.8 Å². The van der Waals surface area contributed by atoms with Crippen LogP contribution in [0.5, 0.6) is 0 Å². The summed E-state index contributed by atoms with van der Waals surface area (Å²) in [6.07, 6.45) is 0. The van der Waals surface area contributed by atoms with Gasteiger partial charge in [0.2, 0.25) is 0 Å². The maximum Gasteiger partial charge on any atom is 0.338 e. The number of rotatable bonds is 2. The number of carbonyl (C=O) groups is 1. The SMILES string of the molecule is COC(=O)c1ccccc1-c1c2ccc(=O)cc-2oc2cc(N)ccc12.Cl. The standard InChI is InChI=1S/C21H15NO4.ClH/c1-25-21(24)15-5-3-2-4-14(15)20-16-8-6-12(22)10-18(16)26-19-11-13(23)7-9-17(19)20;/h2-11H,22H2,1H3;1H. The lowest BCUT2D eigenvalue weighted by atomic mass is 9.91. The fourth-order valence-electron chi connectivity index (χ4n) is 3.17. The summed E-state index contributed by atoms with van der Waals surface area (Å²) in [5.41, 5.74) is 9.49. The Balaban J connectivity index is 0.00000210.